The molecule has 1 aromatic heterocycles. The summed E-state index contributed by atoms with van der Waals surface area (Å²) < 4.78 is 28.3. The van der Waals surface area contributed by atoms with Crippen LogP contribution in [0.1, 0.15) is 32.7 Å². The van der Waals surface area contributed by atoms with Crippen molar-refractivity contribution in [2.75, 3.05) is 5.32 Å². The SMILES string of the molecule is O=C(Nc1ccccc1F)c1cn2c(n1)C(=O)NC(c1ccc(F)cc1)C2. The van der Waals surface area contributed by atoms with E-state index in [9.17, 15) is 18.4 Å². The second-order valence-electron chi connectivity index (χ2n) is 6.11. The number of hydrogen-bond donors (Lipinski definition) is 2. The summed E-state index contributed by atoms with van der Waals surface area (Å²) in [4.78, 5) is 28.7. The molecule has 1 aliphatic rings. The molecule has 136 valence electrons. The van der Waals surface area contributed by atoms with Crippen LogP contribution in [0.4, 0.5) is 14.5 Å². The fourth-order valence-electron chi connectivity index (χ4n) is 2.94. The molecule has 2 heterocycles. The molecule has 0 bridgehead atoms. The minimum absolute atomic E-state index is 0.00293. The number of halogens is 2. The standard InChI is InChI=1S/C19H14F2N4O2/c20-12-7-5-11(6-8-12)15-9-25-10-16(22-17(25)19(27)24-15)18(26)23-14-4-2-1-3-13(14)21/h1-8,10,15H,9H2,(H,23,26)(H,24,27). The number of hydrogen-bond acceptors (Lipinski definition) is 3. The quantitative estimate of drug-likeness (QED) is 0.746. The van der Waals surface area contributed by atoms with Crippen LogP contribution in [0.25, 0.3) is 0 Å². The summed E-state index contributed by atoms with van der Waals surface area (Å²) in [6, 6.07) is 11.2. The van der Waals surface area contributed by atoms with Crippen LogP contribution in [0, 0.1) is 11.6 Å². The molecule has 0 aliphatic carbocycles. The van der Waals surface area contributed by atoms with Gasteiger partial charge in [-0.3, -0.25) is 9.59 Å². The Hall–Kier alpha value is -3.55. The van der Waals surface area contributed by atoms with Gasteiger partial charge in [0.1, 0.15) is 17.3 Å². The molecule has 0 fully saturated rings. The molecule has 2 N–H and O–H groups in total. The Morgan fingerprint density at radius 3 is 2.63 bits per heavy atom. The second-order valence-corrected chi connectivity index (χ2v) is 6.11. The number of para-hydroxylation sites is 1. The lowest BCUT2D eigenvalue weighted by atomic mass is 10.1. The first-order valence-electron chi connectivity index (χ1n) is 8.20. The molecule has 1 atom stereocenters. The first-order chi connectivity index (χ1) is 13.0. The summed E-state index contributed by atoms with van der Waals surface area (Å²) in [5.74, 6) is -1.90. The molecule has 0 spiro atoms. The molecule has 6 nitrogen and oxygen atoms in total. The average Bonchev–Trinajstić information content (AvgIpc) is 3.09. The van der Waals surface area contributed by atoms with Gasteiger partial charge in [-0.15, -0.1) is 0 Å². The molecule has 2 amide bonds. The lowest BCUT2D eigenvalue weighted by molar-refractivity contribution is 0.0894. The molecular formula is C19H14F2N4O2. The summed E-state index contributed by atoms with van der Waals surface area (Å²) in [7, 11) is 0. The van der Waals surface area contributed by atoms with Crippen molar-refractivity contribution in [2.24, 2.45) is 0 Å². The lowest BCUT2D eigenvalue weighted by Gasteiger charge is -2.25. The second kappa shape index (κ2) is 6.64. The zero-order valence-corrected chi connectivity index (χ0v) is 13.9. The summed E-state index contributed by atoms with van der Waals surface area (Å²) in [6.45, 7) is 0.340. The summed E-state index contributed by atoms with van der Waals surface area (Å²) in [5.41, 5.74) is 0.770. The molecule has 0 radical (unpaired) electrons. The monoisotopic (exact) mass is 368 g/mol. The van der Waals surface area contributed by atoms with Crippen LogP contribution in [0.2, 0.25) is 0 Å². The molecule has 1 aliphatic heterocycles. The summed E-state index contributed by atoms with van der Waals surface area (Å²) in [5, 5.41) is 5.22. The Labute approximate surface area is 152 Å². The normalized spacial score (nSPS) is 15.8. The topological polar surface area (TPSA) is 76.0 Å². The average molecular weight is 368 g/mol. The number of rotatable bonds is 3. The molecule has 8 heteroatoms. The maximum Gasteiger partial charge on any atom is 0.287 e. The predicted octanol–water partition coefficient (Wildman–Crippen LogP) is 2.90. The van der Waals surface area contributed by atoms with Crippen molar-refractivity contribution in [3.63, 3.8) is 0 Å². The third kappa shape index (κ3) is 3.29. The predicted molar refractivity (Wildman–Crippen MR) is 93.2 cm³/mol. The van der Waals surface area contributed by atoms with Crippen LogP contribution >= 0.6 is 0 Å². The van der Waals surface area contributed by atoms with E-state index in [-0.39, 0.29) is 29.1 Å². The highest BCUT2D eigenvalue weighted by molar-refractivity contribution is 6.04. The molecule has 2 aromatic carbocycles. The molecule has 27 heavy (non-hydrogen) atoms. The number of benzene rings is 2. The highest BCUT2D eigenvalue weighted by atomic mass is 19.1. The Morgan fingerprint density at radius 2 is 1.89 bits per heavy atom. The van der Waals surface area contributed by atoms with Gasteiger partial charge in [0.05, 0.1) is 11.7 Å². The zero-order valence-electron chi connectivity index (χ0n) is 13.9. The number of nitrogens with zero attached hydrogens (tertiary/aromatic N) is 2. The van der Waals surface area contributed by atoms with Gasteiger partial charge < -0.3 is 15.2 Å². The number of fused-ring (bicyclic) bond motifs is 1. The van der Waals surface area contributed by atoms with Gasteiger partial charge in [0.15, 0.2) is 5.82 Å². The van der Waals surface area contributed by atoms with E-state index in [2.05, 4.69) is 15.6 Å². The van der Waals surface area contributed by atoms with Gasteiger partial charge in [0.25, 0.3) is 11.8 Å². The molecule has 4 rings (SSSR count). The van der Waals surface area contributed by atoms with E-state index in [4.69, 9.17) is 0 Å². The van der Waals surface area contributed by atoms with Gasteiger partial charge >= 0.3 is 0 Å². The highest BCUT2D eigenvalue weighted by Gasteiger charge is 2.28. The van der Waals surface area contributed by atoms with Crippen LogP contribution in [0.15, 0.2) is 54.7 Å². The van der Waals surface area contributed by atoms with Crippen molar-refractivity contribution in [1.29, 1.82) is 0 Å². The van der Waals surface area contributed by atoms with Gasteiger partial charge in [-0.2, -0.15) is 0 Å². The van der Waals surface area contributed by atoms with E-state index in [1.807, 2.05) is 0 Å². The molecule has 0 saturated heterocycles. The van der Waals surface area contributed by atoms with Gasteiger partial charge in [-0.05, 0) is 29.8 Å². The molecule has 1 unspecified atom stereocenters. The smallest absolute Gasteiger partial charge is 0.287 e. The minimum Gasteiger partial charge on any atom is -0.341 e. The van der Waals surface area contributed by atoms with E-state index in [1.54, 1.807) is 22.8 Å². The van der Waals surface area contributed by atoms with Gasteiger partial charge in [-0.1, -0.05) is 24.3 Å². The number of nitrogens with one attached hydrogen (secondary N) is 2. The van der Waals surface area contributed by atoms with Crippen LogP contribution in [-0.4, -0.2) is 21.4 Å². The number of anilines is 1. The van der Waals surface area contributed by atoms with Crippen molar-refractivity contribution in [2.45, 2.75) is 12.6 Å². The zero-order chi connectivity index (χ0) is 19.0. The summed E-state index contributed by atoms with van der Waals surface area (Å²) >= 11 is 0. The van der Waals surface area contributed by atoms with E-state index in [1.165, 1.54) is 36.5 Å². The van der Waals surface area contributed by atoms with Crippen LogP contribution < -0.4 is 10.6 Å². The third-order valence-electron chi connectivity index (χ3n) is 4.29. The van der Waals surface area contributed by atoms with Crippen LogP contribution in [0.5, 0.6) is 0 Å². The maximum absolute atomic E-state index is 13.7. The third-order valence-corrected chi connectivity index (χ3v) is 4.29. The Morgan fingerprint density at radius 1 is 1.15 bits per heavy atom. The number of imidazole rings is 1. The molecule has 3 aromatic rings. The van der Waals surface area contributed by atoms with Crippen molar-refractivity contribution in [3.05, 3.63) is 83.4 Å². The highest BCUT2D eigenvalue weighted by Crippen LogP contribution is 2.22. The first kappa shape index (κ1) is 16.9. The van der Waals surface area contributed by atoms with Crippen LogP contribution in [-0.2, 0) is 6.54 Å². The number of carbonyl (C=O) groups is 2. The lowest BCUT2D eigenvalue weighted by Crippen LogP contribution is -2.38. The minimum atomic E-state index is -0.617. The molecule has 0 saturated carbocycles. The van der Waals surface area contributed by atoms with E-state index >= 15 is 0 Å². The number of aromatic nitrogens is 2. The number of carbonyl (C=O) groups excluding carboxylic acids is 2. The van der Waals surface area contributed by atoms with Crippen LogP contribution in [0.3, 0.4) is 0 Å². The Bertz CT molecular complexity index is 1030. The maximum atomic E-state index is 13.7. The van der Waals surface area contributed by atoms with Crippen molar-refractivity contribution >= 4 is 17.5 Å². The van der Waals surface area contributed by atoms with E-state index in [0.717, 1.165) is 5.56 Å². The Kier molecular flexibility index (Phi) is 4.15. The van der Waals surface area contributed by atoms with Gasteiger partial charge in [0, 0.05) is 12.7 Å². The van der Waals surface area contributed by atoms with Gasteiger partial charge in [-0.25, -0.2) is 13.8 Å². The first-order valence-corrected chi connectivity index (χ1v) is 8.20. The number of amides is 2. The van der Waals surface area contributed by atoms with Crippen molar-refractivity contribution in [3.8, 4) is 0 Å². The van der Waals surface area contributed by atoms with Crippen molar-refractivity contribution < 1.29 is 18.4 Å². The van der Waals surface area contributed by atoms with Crippen molar-refractivity contribution in [1.82, 2.24) is 14.9 Å². The fourth-order valence-corrected chi connectivity index (χ4v) is 2.94. The summed E-state index contributed by atoms with van der Waals surface area (Å²) in [6.07, 6.45) is 1.45. The fraction of sp³-hybridized carbons (Fsp3) is 0.105. The Balaban J connectivity index is 1.57. The van der Waals surface area contributed by atoms with E-state index < -0.39 is 17.6 Å². The van der Waals surface area contributed by atoms with Gasteiger partial charge in [0.2, 0.25) is 0 Å². The molecular weight excluding hydrogens is 354 g/mol. The van der Waals surface area contributed by atoms with E-state index in [0.29, 0.717) is 6.54 Å². The largest absolute Gasteiger partial charge is 0.341 e.